The van der Waals surface area contributed by atoms with Crippen LogP contribution in [0.25, 0.3) is 22.4 Å². The van der Waals surface area contributed by atoms with E-state index in [-0.39, 0.29) is 0 Å². The molecule has 3 aromatic rings. The van der Waals surface area contributed by atoms with E-state index in [9.17, 15) is 0 Å². The topological polar surface area (TPSA) is 56.4 Å². The number of ether oxygens (including phenoxy) is 3. The van der Waals surface area contributed by atoms with Crippen molar-refractivity contribution < 1.29 is 14.2 Å². The molecule has 0 spiro atoms. The van der Waals surface area contributed by atoms with Crippen molar-refractivity contribution in [2.45, 2.75) is 0 Å². The molecule has 1 N–H and O–H groups in total. The second kappa shape index (κ2) is 5.36. The van der Waals surface area contributed by atoms with E-state index < -0.39 is 0 Å². The number of H-pyrrole nitrogens is 1. The summed E-state index contributed by atoms with van der Waals surface area (Å²) < 4.78 is 15.8. The number of rotatable bonds is 4. The fourth-order valence-corrected chi connectivity index (χ4v) is 2.24. The molecular formula is C16H16N2O3. The maximum atomic E-state index is 5.30. The Morgan fingerprint density at radius 2 is 1.67 bits per heavy atom. The first kappa shape index (κ1) is 13.3. The van der Waals surface area contributed by atoms with Crippen LogP contribution in [-0.2, 0) is 0 Å². The number of imidazole rings is 1. The van der Waals surface area contributed by atoms with E-state index in [2.05, 4.69) is 9.97 Å². The first-order valence-corrected chi connectivity index (χ1v) is 6.51. The van der Waals surface area contributed by atoms with Gasteiger partial charge in [0.05, 0.1) is 32.4 Å². The number of nitrogens with zero attached hydrogens (tertiary/aromatic N) is 1. The van der Waals surface area contributed by atoms with Crippen molar-refractivity contribution >= 4 is 11.0 Å². The van der Waals surface area contributed by atoms with Crippen LogP contribution in [0.4, 0.5) is 0 Å². The lowest BCUT2D eigenvalue weighted by Crippen LogP contribution is -1.89. The Hall–Kier alpha value is -2.69. The Bertz CT molecular complexity index is 739. The van der Waals surface area contributed by atoms with Crippen LogP contribution in [-0.4, -0.2) is 31.3 Å². The van der Waals surface area contributed by atoms with Gasteiger partial charge in [0.1, 0.15) is 11.6 Å². The molecule has 0 bridgehead atoms. The summed E-state index contributed by atoms with van der Waals surface area (Å²) in [5.41, 5.74) is 2.68. The summed E-state index contributed by atoms with van der Waals surface area (Å²) in [6.45, 7) is 0. The molecule has 0 fully saturated rings. The van der Waals surface area contributed by atoms with Gasteiger partial charge < -0.3 is 19.2 Å². The third kappa shape index (κ3) is 2.38. The maximum Gasteiger partial charge on any atom is 0.163 e. The summed E-state index contributed by atoms with van der Waals surface area (Å²) in [6.07, 6.45) is 0. The van der Waals surface area contributed by atoms with E-state index in [0.29, 0.717) is 11.5 Å². The van der Waals surface area contributed by atoms with Gasteiger partial charge in [-0.3, -0.25) is 0 Å². The van der Waals surface area contributed by atoms with Gasteiger partial charge in [-0.15, -0.1) is 0 Å². The predicted molar refractivity (Wildman–Crippen MR) is 81.2 cm³/mol. The van der Waals surface area contributed by atoms with Crippen LogP contribution in [0.3, 0.4) is 0 Å². The number of hydrogen-bond acceptors (Lipinski definition) is 4. The average Bonchev–Trinajstić information content (AvgIpc) is 2.96. The molecule has 0 saturated heterocycles. The standard InChI is InChI=1S/C16H16N2O3/c1-19-11-6-4-5-10(7-11)16-17-12-8-14(20-2)15(21-3)9-13(12)18-16/h4-9H,1-3H3,(H,17,18). The molecule has 5 heteroatoms. The normalized spacial score (nSPS) is 10.6. The van der Waals surface area contributed by atoms with E-state index in [1.54, 1.807) is 21.3 Å². The number of fused-ring (bicyclic) bond motifs is 1. The highest BCUT2D eigenvalue weighted by Crippen LogP contribution is 2.32. The fourth-order valence-electron chi connectivity index (χ4n) is 2.24. The Morgan fingerprint density at radius 1 is 0.905 bits per heavy atom. The summed E-state index contributed by atoms with van der Waals surface area (Å²) in [5, 5.41) is 0. The van der Waals surface area contributed by atoms with Gasteiger partial charge in [-0.2, -0.15) is 0 Å². The molecule has 21 heavy (non-hydrogen) atoms. The highest BCUT2D eigenvalue weighted by molar-refractivity contribution is 5.83. The molecule has 0 aliphatic rings. The quantitative estimate of drug-likeness (QED) is 0.799. The van der Waals surface area contributed by atoms with Gasteiger partial charge in [0.15, 0.2) is 11.5 Å². The Balaban J connectivity index is 2.12. The van der Waals surface area contributed by atoms with Crippen LogP contribution >= 0.6 is 0 Å². The van der Waals surface area contributed by atoms with Crippen LogP contribution in [0.1, 0.15) is 0 Å². The van der Waals surface area contributed by atoms with Crippen LogP contribution in [0.2, 0.25) is 0 Å². The number of aromatic nitrogens is 2. The lowest BCUT2D eigenvalue weighted by Gasteiger charge is -2.06. The van der Waals surface area contributed by atoms with Crippen molar-refractivity contribution in [1.82, 2.24) is 9.97 Å². The minimum atomic E-state index is 0.661. The lowest BCUT2D eigenvalue weighted by atomic mass is 10.2. The average molecular weight is 284 g/mol. The Kier molecular flexibility index (Phi) is 3.39. The smallest absolute Gasteiger partial charge is 0.163 e. The number of nitrogens with one attached hydrogen (secondary N) is 1. The van der Waals surface area contributed by atoms with Crippen LogP contribution < -0.4 is 14.2 Å². The van der Waals surface area contributed by atoms with Crippen molar-refractivity contribution in [1.29, 1.82) is 0 Å². The molecule has 5 nitrogen and oxygen atoms in total. The van der Waals surface area contributed by atoms with Crippen molar-refractivity contribution in [2.24, 2.45) is 0 Å². The third-order valence-electron chi connectivity index (χ3n) is 3.33. The molecule has 0 amide bonds. The molecule has 0 radical (unpaired) electrons. The molecule has 2 aromatic carbocycles. The predicted octanol–water partition coefficient (Wildman–Crippen LogP) is 3.26. The summed E-state index contributed by atoms with van der Waals surface area (Å²) in [7, 11) is 4.87. The van der Waals surface area contributed by atoms with Crippen molar-refractivity contribution in [3.8, 4) is 28.6 Å². The molecule has 1 heterocycles. The highest BCUT2D eigenvalue weighted by Gasteiger charge is 2.11. The largest absolute Gasteiger partial charge is 0.497 e. The summed E-state index contributed by atoms with van der Waals surface area (Å²) in [6, 6.07) is 11.5. The van der Waals surface area contributed by atoms with Gasteiger partial charge in [0.25, 0.3) is 0 Å². The van der Waals surface area contributed by atoms with Crippen LogP contribution in [0.5, 0.6) is 17.2 Å². The van der Waals surface area contributed by atoms with E-state index in [0.717, 1.165) is 28.2 Å². The van der Waals surface area contributed by atoms with Crippen molar-refractivity contribution in [2.75, 3.05) is 21.3 Å². The monoisotopic (exact) mass is 284 g/mol. The minimum absolute atomic E-state index is 0.661. The van der Waals surface area contributed by atoms with Gasteiger partial charge in [0, 0.05) is 17.7 Å². The van der Waals surface area contributed by atoms with Crippen LogP contribution in [0, 0.1) is 0 Å². The van der Waals surface area contributed by atoms with Gasteiger partial charge >= 0.3 is 0 Å². The van der Waals surface area contributed by atoms with E-state index in [1.165, 1.54) is 0 Å². The number of methoxy groups -OCH3 is 3. The van der Waals surface area contributed by atoms with Gasteiger partial charge in [-0.05, 0) is 12.1 Å². The highest BCUT2D eigenvalue weighted by atomic mass is 16.5. The zero-order chi connectivity index (χ0) is 14.8. The van der Waals surface area contributed by atoms with E-state index >= 15 is 0 Å². The molecule has 3 rings (SSSR count). The molecule has 1 aromatic heterocycles. The van der Waals surface area contributed by atoms with Gasteiger partial charge in [-0.25, -0.2) is 4.98 Å². The van der Waals surface area contributed by atoms with Gasteiger partial charge in [0.2, 0.25) is 0 Å². The molecular weight excluding hydrogens is 268 g/mol. The number of hydrogen-bond donors (Lipinski definition) is 1. The summed E-state index contributed by atoms with van der Waals surface area (Å²) in [5.74, 6) is 2.90. The first-order chi connectivity index (χ1) is 10.2. The molecule has 108 valence electrons. The first-order valence-electron chi connectivity index (χ1n) is 6.51. The summed E-state index contributed by atoms with van der Waals surface area (Å²) >= 11 is 0. The van der Waals surface area contributed by atoms with Gasteiger partial charge in [-0.1, -0.05) is 12.1 Å². The van der Waals surface area contributed by atoms with Crippen LogP contribution in [0.15, 0.2) is 36.4 Å². The second-order valence-electron chi connectivity index (χ2n) is 4.54. The summed E-state index contributed by atoms with van der Waals surface area (Å²) in [4.78, 5) is 7.88. The molecule has 0 unspecified atom stereocenters. The Labute approximate surface area is 122 Å². The number of benzene rings is 2. The lowest BCUT2D eigenvalue weighted by molar-refractivity contribution is 0.356. The maximum absolute atomic E-state index is 5.30. The molecule has 0 saturated carbocycles. The fraction of sp³-hybridized carbons (Fsp3) is 0.188. The molecule has 0 aliphatic carbocycles. The van der Waals surface area contributed by atoms with E-state index in [4.69, 9.17) is 14.2 Å². The zero-order valence-corrected chi connectivity index (χ0v) is 12.1. The number of aromatic amines is 1. The molecule has 0 atom stereocenters. The van der Waals surface area contributed by atoms with Crippen molar-refractivity contribution in [3.63, 3.8) is 0 Å². The molecule has 0 aliphatic heterocycles. The van der Waals surface area contributed by atoms with E-state index in [1.807, 2.05) is 36.4 Å². The zero-order valence-electron chi connectivity index (χ0n) is 12.1. The Morgan fingerprint density at radius 3 is 2.38 bits per heavy atom. The second-order valence-corrected chi connectivity index (χ2v) is 4.54. The third-order valence-corrected chi connectivity index (χ3v) is 3.33. The van der Waals surface area contributed by atoms with Crippen molar-refractivity contribution in [3.05, 3.63) is 36.4 Å². The minimum Gasteiger partial charge on any atom is -0.497 e. The SMILES string of the molecule is COc1cccc(-c2nc3cc(OC)c(OC)cc3[nH]2)c1.